The minimum atomic E-state index is -0.686. The van der Waals surface area contributed by atoms with Gasteiger partial charge >= 0.3 is 0 Å². The van der Waals surface area contributed by atoms with E-state index < -0.39 is 17.9 Å². The van der Waals surface area contributed by atoms with Gasteiger partial charge in [0.15, 0.2) is 5.65 Å². The molecule has 5 aromatic rings. The third-order valence-electron chi connectivity index (χ3n) is 5.39. The zero-order valence-electron chi connectivity index (χ0n) is 17.0. The molecule has 162 valence electrons. The van der Waals surface area contributed by atoms with Crippen LogP contribution in [-0.4, -0.2) is 45.1 Å². The quantitative estimate of drug-likeness (QED) is 0.245. The third kappa shape index (κ3) is 2.93. The molecule has 3 N–H and O–H groups in total. The van der Waals surface area contributed by atoms with Gasteiger partial charge in [0.2, 0.25) is 5.95 Å². The number of nitrogens with two attached hydrogens (primary N) is 1. The summed E-state index contributed by atoms with van der Waals surface area (Å²) in [6, 6.07) is 2.64. The Balaban J connectivity index is 1.66. The number of amides is 1. The van der Waals surface area contributed by atoms with E-state index in [0.29, 0.717) is 28.3 Å². The van der Waals surface area contributed by atoms with Gasteiger partial charge in [-0.3, -0.25) is 19.3 Å². The van der Waals surface area contributed by atoms with Crippen molar-refractivity contribution in [2.45, 2.75) is 19.9 Å². The fraction of sp³-hybridized carbons (Fsp3) is 0.150. The van der Waals surface area contributed by atoms with Crippen LogP contribution in [0.15, 0.2) is 43.1 Å². The van der Waals surface area contributed by atoms with Crippen LogP contribution in [0.4, 0.5) is 4.39 Å². The van der Waals surface area contributed by atoms with Crippen LogP contribution < -0.4 is 5.84 Å². The maximum Gasteiger partial charge on any atom is 0.273 e. The zero-order valence-corrected chi connectivity index (χ0v) is 17.7. The van der Waals surface area contributed by atoms with E-state index >= 15 is 0 Å². The molecule has 1 atom stereocenters. The number of aromatic nitrogens is 7. The Labute approximate surface area is 185 Å². The standard InChI is InChI=1S/C20H17ClFN9O/c1-10(31(23)20(32)14-9-27-29-5-3-4-24-19(14)29)13-6-15(21)17-18(22)28-11(2)30(17)16(13)12-7-25-26-8-12/h3-10H,23H2,1-2H3,(H,25,26). The Hall–Kier alpha value is -3.83. The van der Waals surface area contributed by atoms with E-state index in [1.807, 2.05) is 0 Å². The number of pyridine rings is 1. The number of rotatable bonds is 4. The summed E-state index contributed by atoms with van der Waals surface area (Å²) in [5, 5.41) is 12.1. The van der Waals surface area contributed by atoms with Crippen molar-refractivity contribution in [1.82, 2.24) is 39.2 Å². The van der Waals surface area contributed by atoms with Crippen molar-refractivity contribution in [1.29, 1.82) is 0 Å². The fourth-order valence-corrected chi connectivity index (χ4v) is 4.10. The van der Waals surface area contributed by atoms with E-state index in [-0.39, 0.29) is 16.1 Å². The number of hydrogen-bond donors (Lipinski definition) is 2. The highest BCUT2D eigenvalue weighted by Gasteiger charge is 2.28. The maximum atomic E-state index is 14.5. The van der Waals surface area contributed by atoms with Crippen molar-refractivity contribution in [2.24, 2.45) is 5.84 Å². The summed E-state index contributed by atoms with van der Waals surface area (Å²) in [5.74, 6) is 5.52. The van der Waals surface area contributed by atoms with Gasteiger partial charge in [-0.2, -0.15) is 14.6 Å². The molecule has 0 aromatic carbocycles. The number of nitrogens with zero attached hydrogens (tertiary/aromatic N) is 7. The van der Waals surface area contributed by atoms with Crippen molar-refractivity contribution < 1.29 is 9.18 Å². The molecule has 0 saturated carbocycles. The molecule has 0 aliphatic carbocycles. The Morgan fingerprint density at radius 1 is 1.38 bits per heavy atom. The number of hydrazine groups is 1. The van der Waals surface area contributed by atoms with Crippen LogP contribution in [0.25, 0.3) is 22.4 Å². The highest BCUT2D eigenvalue weighted by molar-refractivity contribution is 6.34. The first kappa shape index (κ1) is 20.1. The maximum absolute atomic E-state index is 14.5. The molecule has 5 rings (SSSR count). The van der Waals surface area contributed by atoms with Crippen molar-refractivity contribution in [3.05, 3.63) is 71.0 Å². The second-order valence-corrected chi connectivity index (χ2v) is 7.66. The second kappa shape index (κ2) is 7.39. The first-order chi connectivity index (χ1) is 15.4. The van der Waals surface area contributed by atoms with Gasteiger partial charge in [-0.1, -0.05) is 11.6 Å². The van der Waals surface area contributed by atoms with Crippen molar-refractivity contribution in [3.8, 4) is 11.3 Å². The van der Waals surface area contributed by atoms with E-state index in [1.54, 1.807) is 55.2 Å². The van der Waals surface area contributed by atoms with E-state index in [9.17, 15) is 9.18 Å². The van der Waals surface area contributed by atoms with Gasteiger partial charge in [0.05, 0.1) is 29.2 Å². The summed E-state index contributed by atoms with van der Waals surface area (Å²) in [5.41, 5.74) is 2.59. The molecule has 0 bridgehead atoms. The topological polar surface area (TPSA) is 122 Å². The highest BCUT2D eigenvalue weighted by atomic mass is 35.5. The molecule has 0 spiro atoms. The average molecular weight is 454 g/mol. The number of imidazole rings is 1. The lowest BCUT2D eigenvalue weighted by Crippen LogP contribution is -2.40. The lowest BCUT2D eigenvalue weighted by molar-refractivity contribution is 0.0692. The van der Waals surface area contributed by atoms with Crippen LogP contribution in [0.1, 0.15) is 34.7 Å². The number of halogens is 2. The smallest absolute Gasteiger partial charge is 0.273 e. The first-order valence-electron chi connectivity index (χ1n) is 9.61. The van der Waals surface area contributed by atoms with Gasteiger partial charge in [-0.15, -0.1) is 0 Å². The predicted octanol–water partition coefficient (Wildman–Crippen LogP) is 2.95. The van der Waals surface area contributed by atoms with Crippen molar-refractivity contribution >= 4 is 28.7 Å². The van der Waals surface area contributed by atoms with Crippen LogP contribution in [-0.2, 0) is 0 Å². The Morgan fingerprint density at radius 3 is 2.94 bits per heavy atom. The van der Waals surface area contributed by atoms with E-state index in [2.05, 4.69) is 25.3 Å². The molecule has 10 nitrogen and oxygen atoms in total. The van der Waals surface area contributed by atoms with E-state index in [1.165, 1.54) is 10.7 Å². The summed E-state index contributed by atoms with van der Waals surface area (Å²) >= 11 is 6.43. The predicted molar refractivity (Wildman–Crippen MR) is 114 cm³/mol. The average Bonchev–Trinajstić information content (AvgIpc) is 3.52. The molecular formula is C20H17ClFN9O. The molecule has 5 aromatic heterocycles. The number of hydrogen-bond acceptors (Lipinski definition) is 6. The molecular weight excluding hydrogens is 437 g/mol. The third-order valence-corrected chi connectivity index (χ3v) is 5.68. The lowest BCUT2D eigenvalue weighted by Gasteiger charge is -2.27. The molecule has 12 heteroatoms. The SMILES string of the molecule is Cc1nc(F)c2c(Cl)cc(C(C)N(N)C(=O)c3cnn4cccnc34)c(-c3cn[nH]c3)n12. The Kier molecular flexibility index (Phi) is 4.64. The molecule has 1 unspecified atom stereocenters. The second-order valence-electron chi connectivity index (χ2n) is 7.25. The molecule has 0 aliphatic rings. The summed E-state index contributed by atoms with van der Waals surface area (Å²) in [7, 11) is 0. The molecule has 0 saturated heterocycles. The number of carbonyl (C=O) groups excluding carboxylic acids is 1. The number of aryl methyl sites for hydroxylation is 1. The molecule has 5 heterocycles. The number of carbonyl (C=O) groups is 1. The van der Waals surface area contributed by atoms with E-state index in [0.717, 1.165) is 5.01 Å². The van der Waals surface area contributed by atoms with Gasteiger partial charge in [0, 0.05) is 29.7 Å². The summed E-state index contributed by atoms with van der Waals surface area (Å²) in [6.45, 7) is 3.42. The van der Waals surface area contributed by atoms with Gasteiger partial charge in [-0.25, -0.2) is 20.3 Å². The van der Waals surface area contributed by atoms with Crippen LogP contribution >= 0.6 is 11.6 Å². The number of nitrogens with one attached hydrogen (secondary N) is 1. The highest BCUT2D eigenvalue weighted by Crippen LogP contribution is 2.36. The van der Waals surface area contributed by atoms with Gasteiger partial charge in [-0.05, 0) is 26.0 Å². The summed E-state index contributed by atoms with van der Waals surface area (Å²) in [6.07, 6.45) is 7.92. The number of H-pyrrole nitrogens is 1. The molecule has 32 heavy (non-hydrogen) atoms. The van der Waals surface area contributed by atoms with Gasteiger partial charge in [0.25, 0.3) is 5.91 Å². The minimum Gasteiger partial charge on any atom is -0.292 e. The van der Waals surface area contributed by atoms with Crippen molar-refractivity contribution in [3.63, 3.8) is 0 Å². The lowest BCUT2D eigenvalue weighted by atomic mass is 10.0. The normalized spacial score (nSPS) is 12.5. The molecule has 0 aliphatic heterocycles. The molecule has 1 amide bonds. The summed E-state index contributed by atoms with van der Waals surface area (Å²) in [4.78, 5) is 21.4. The van der Waals surface area contributed by atoms with Crippen LogP contribution in [0.5, 0.6) is 0 Å². The molecule has 0 radical (unpaired) electrons. The number of aromatic amines is 1. The monoisotopic (exact) mass is 453 g/mol. The zero-order chi connectivity index (χ0) is 22.6. The fourth-order valence-electron chi connectivity index (χ4n) is 3.82. The largest absolute Gasteiger partial charge is 0.292 e. The van der Waals surface area contributed by atoms with Gasteiger partial charge < -0.3 is 0 Å². The first-order valence-corrected chi connectivity index (χ1v) is 9.99. The minimum absolute atomic E-state index is 0.137. The van der Waals surface area contributed by atoms with E-state index in [4.69, 9.17) is 17.4 Å². The Bertz CT molecular complexity index is 1470. The van der Waals surface area contributed by atoms with Crippen molar-refractivity contribution in [2.75, 3.05) is 0 Å². The Morgan fingerprint density at radius 2 is 2.19 bits per heavy atom. The summed E-state index contributed by atoms with van der Waals surface area (Å²) < 4.78 is 17.6. The van der Waals surface area contributed by atoms with Crippen LogP contribution in [0.2, 0.25) is 5.02 Å². The molecule has 0 fully saturated rings. The van der Waals surface area contributed by atoms with Crippen LogP contribution in [0.3, 0.4) is 0 Å². The van der Waals surface area contributed by atoms with Gasteiger partial charge in [0.1, 0.15) is 16.9 Å². The van der Waals surface area contributed by atoms with Crippen LogP contribution in [0, 0.1) is 12.9 Å². The number of fused-ring (bicyclic) bond motifs is 2.